The number of benzene rings is 2. The van der Waals surface area contributed by atoms with E-state index >= 15 is 0 Å². The quantitative estimate of drug-likeness (QED) is 0.874. The SMILES string of the molecule is Fc1ccccc1CNC1CC(c2ccccc2)C1. The summed E-state index contributed by atoms with van der Waals surface area (Å²) in [5.74, 6) is 0.549. The lowest BCUT2D eigenvalue weighted by atomic mass is 9.76. The molecule has 0 amide bonds. The van der Waals surface area contributed by atoms with Crippen molar-refractivity contribution in [1.29, 1.82) is 0 Å². The standard InChI is InChI=1S/C17H18FN/c18-17-9-5-4-8-14(17)12-19-16-10-15(11-16)13-6-2-1-3-7-13/h1-9,15-16,19H,10-12H2. The fraction of sp³-hybridized carbons (Fsp3) is 0.294. The second-order valence-electron chi connectivity index (χ2n) is 5.25. The molecule has 1 fully saturated rings. The van der Waals surface area contributed by atoms with Crippen LogP contribution in [0.15, 0.2) is 54.6 Å². The maximum Gasteiger partial charge on any atom is 0.127 e. The fourth-order valence-electron chi connectivity index (χ4n) is 2.68. The molecule has 0 aliphatic heterocycles. The van der Waals surface area contributed by atoms with Gasteiger partial charge in [-0.25, -0.2) is 4.39 Å². The lowest BCUT2D eigenvalue weighted by Crippen LogP contribution is -2.39. The molecule has 0 saturated heterocycles. The summed E-state index contributed by atoms with van der Waals surface area (Å²) < 4.78 is 13.5. The zero-order valence-corrected chi connectivity index (χ0v) is 10.9. The zero-order chi connectivity index (χ0) is 13.1. The smallest absolute Gasteiger partial charge is 0.127 e. The highest BCUT2D eigenvalue weighted by Crippen LogP contribution is 2.36. The summed E-state index contributed by atoms with van der Waals surface area (Å²) in [5, 5.41) is 3.44. The highest BCUT2D eigenvalue weighted by Gasteiger charge is 2.29. The van der Waals surface area contributed by atoms with Gasteiger partial charge in [0, 0.05) is 18.2 Å². The van der Waals surface area contributed by atoms with Gasteiger partial charge in [0.1, 0.15) is 5.82 Å². The fourth-order valence-corrected chi connectivity index (χ4v) is 2.68. The summed E-state index contributed by atoms with van der Waals surface area (Å²) in [6.07, 6.45) is 2.30. The Bertz CT molecular complexity index is 532. The molecule has 1 saturated carbocycles. The van der Waals surface area contributed by atoms with Gasteiger partial charge in [0.15, 0.2) is 0 Å². The molecule has 0 heterocycles. The summed E-state index contributed by atoms with van der Waals surface area (Å²) in [6.45, 7) is 0.624. The Kier molecular flexibility index (Phi) is 3.60. The van der Waals surface area contributed by atoms with Crippen molar-refractivity contribution < 1.29 is 4.39 Å². The highest BCUT2D eigenvalue weighted by atomic mass is 19.1. The normalized spacial score (nSPS) is 21.9. The summed E-state index contributed by atoms with van der Waals surface area (Å²) in [4.78, 5) is 0. The molecule has 0 atom stereocenters. The highest BCUT2D eigenvalue weighted by molar-refractivity contribution is 5.23. The number of nitrogens with one attached hydrogen (secondary N) is 1. The molecule has 2 aromatic rings. The third-order valence-corrected chi connectivity index (χ3v) is 3.95. The Balaban J connectivity index is 1.49. The molecule has 0 unspecified atom stereocenters. The lowest BCUT2D eigenvalue weighted by molar-refractivity contribution is 0.288. The molecule has 1 aliphatic carbocycles. The van der Waals surface area contributed by atoms with E-state index in [1.807, 2.05) is 12.1 Å². The molecule has 0 spiro atoms. The van der Waals surface area contributed by atoms with Gasteiger partial charge in [0.25, 0.3) is 0 Å². The molecule has 2 aromatic carbocycles. The number of hydrogen-bond acceptors (Lipinski definition) is 1. The van der Waals surface area contributed by atoms with Gasteiger partial charge in [-0.05, 0) is 30.4 Å². The van der Waals surface area contributed by atoms with Crippen molar-refractivity contribution in [3.8, 4) is 0 Å². The average molecular weight is 255 g/mol. The topological polar surface area (TPSA) is 12.0 Å². The first-order valence-corrected chi connectivity index (χ1v) is 6.84. The molecule has 3 rings (SSSR count). The van der Waals surface area contributed by atoms with E-state index in [1.165, 1.54) is 11.6 Å². The maximum atomic E-state index is 13.5. The van der Waals surface area contributed by atoms with E-state index in [0.717, 1.165) is 18.4 Å². The molecular weight excluding hydrogens is 237 g/mol. The van der Waals surface area contributed by atoms with Gasteiger partial charge < -0.3 is 5.32 Å². The van der Waals surface area contributed by atoms with E-state index in [9.17, 15) is 4.39 Å². The van der Waals surface area contributed by atoms with Crippen molar-refractivity contribution in [2.75, 3.05) is 0 Å². The van der Waals surface area contributed by atoms with Crippen LogP contribution in [0.1, 0.15) is 29.9 Å². The van der Waals surface area contributed by atoms with E-state index in [0.29, 0.717) is 18.5 Å². The van der Waals surface area contributed by atoms with Gasteiger partial charge in [-0.1, -0.05) is 48.5 Å². The van der Waals surface area contributed by atoms with Crippen molar-refractivity contribution in [3.63, 3.8) is 0 Å². The summed E-state index contributed by atoms with van der Waals surface area (Å²) >= 11 is 0. The molecule has 19 heavy (non-hydrogen) atoms. The minimum atomic E-state index is -0.117. The molecule has 1 aliphatic rings. The van der Waals surface area contributed by atoms with Crippen molar-refractivity contribution >= 4 is 0 Å². The van der Waals surface area contributed by atoms with E-state index in [4.69, 9.17) is 0 Å². The van der Waals surface area contributed by atoms with Crippen molar-refractivity contribution in [2.24, 2.45) is 0 Å². The van der Waals surface area contributed by atoms with Crippen LogP contribution in [0.4, 0.5) is 4.39 Å². The molecule has 98 valence electrons. The predicted octanol–water partition coefficient (Wildman–Crippen LogP) is 3.86. The Hall–Kier alpha value is -1.67. The van der Waals surface area contributed by atoms with Gasteiger partial charge in [0.2, 0.25) is 0 Å². The second-order valence-corrected chi connectivity index (χ2v) is 5.25. The predicted molar refractivity (Wildman–Crippen MR) is 75.4 cm³/mol. The van der Waals surface area contributed by atoms with Crippen LogP contribution in [0.5, 0.6) is 0 Å². The van der Waals surface area contributed by atoms with Crippen LogP contribution >= 0.6 is 0 Å². The van der Waals surface area contributed by atoms with Crippen LogP contribution in [0.3, 0.4) is 0 Å². The van der Waals surface area contributed by atoms with Crippen molar-refractivity contribution in [1.82, 2.24) is 5.32 Å². The maximum absolute atomic E-state index is 13.5. The molecule has 0 bridgehead atoms. The van der Waals surface area contributed by atoms with Crippen LogP contribution < -0.4 is 5.32 Å². The van der Waals surface area contributed by atoms with Crippen LogP contribution in [0, 0.1) is 5.82 Å². The Morgan fingerprint density at radius 3 is 2.37 bits per heavy atom. The Labute approximate surface area is 113 Å². The molecule has 0 aromatic heterocycles. The van der Waals surface area contributed by atoms with Crippen LogP contribution in [-0.2, 0) is 6.54 Å². The van der Waals surface area contributed by atoms with E-state index in [1.54, 1.807) is 6.07 Å². The molecule has 2 heteroatoms. The van der Waals surface area contributed by atoms with Gasteiger partial charge in [-0.15, -0.1) is 0 Å². The van der Waals surface area contributed by atoms with Gasteiger partial charge in [-0.3, -0.25) is 0 Å². The first kappa shape index (κ1) is 12.4. The summed E-state index contributed by atoms with van der Waals surface area (Å²) in [5.41, 5.74) is 2.18. The summed E-state index contributed by atoms with van der Waals surface area (Å²) in [7, 11) is 0. The molecular formula is C17H18FN. The summed E-state index contributed by atoms with van der Waals surface area (Å²) in [6, 6.07) is 18.1. The first-order chi connectivity index (χ1) is 9.33. The minimum Gasteiger partial charge on any atom is -0.310 e. The first-order valence-electron chi connectivity index (χ1n) is 6.84. The number of hydrogen-bond donors (Lipinski definition) is 1. The lowest BCUT2D eigenvalue weighted by Gasteiger charge is -2.36. The molecule has 0 radical (unpaired) electrons. The molecule has 1 N–H and O–H groups in total. The van der Waals surface area contributed by atoms with E-state index in [-0.39, 0.29) is 5.82 Å². The second kappa shape index (κ2) is 5.54. The third-order valence-electron chi connectivity index (χ3n) is 3.95. The van der Waals surface area contributed by atoms with Crippen LogP contribution in [-0.4, -0.2) is 6.04 Å². The van der Waals surface area contributed by atoms with Crippen molar-refractivity contribution in [3.05, 3.63) is 71.5 Å². The monoisotopic (exact) mass is 255 g/mol. The largest absolute Gasteiger partial charge is 0.310 e. The van der Waals surface area contributed by atoms with E-state index in [2.05, 4.69) is 35.6 Å². The number of halogens is 1. The van der Waals surface area contributed by atoms with Crippen molar-refractivity contribution in [2.45, 2.75) is 31.3 Å². The minimum absolute atomic E-state index is 0.117. The zero-order valence-electron chi connectivity index (χ0n) is 10.9. The molecule has 1 nitrogen and oxygen atoms in total. The Morgan fingerprint density at radius 2 is 1.63 bits per heavy atom. The van der Waals surface area contributed by atoms with Crippen LogP contribution in [0.25, 0.3) is 0 Å². The number of rotatable bonds is 4. The van der Waals surface area contributed by atoms with Gasteiger partial charge in [-0.2, -0.15) is 0 Å². The van der Waals surface area contributed by atoms with E-state index < -0.39 is 0 Å². The van der Waals surface area contributed by atoms with Gasteiger partial charge >= 0.3 is 0 Å². The van der Waals surface area contributed by atoms with Crippen LogP contribution in [0.2, 0.25) is 0 Å². The van der Waals surface area contributed by atoms with Gasteiger partial charge in [0.05, 0.1) is 0 Å². The average Bonchev–Trinajstić information content (AvgIpc) is 2.40. The third kappa shape index (κ3) is 2.85. The Morgan fingerprint density at radius 1 is 0.947 bits per heavy atom.